The first-order valence-electron chi connectivity index (χ1n) is 8.96. The molecule has 0 spiro atoms. The summed E-state index contributed by atoms with van der Waals surface area (Å²) in [6, 6.07) is 17.1. The number of aliphatic imine (C=N–C) groups is 1. The van der Waals surface area contributed by atoms with Crippen LogP contribution in [0.25, 0.3) is 0 Å². The molecule has 30 heavy (non-hydrogen) atoms. The van der Waals surface area contributed by atoms with E-state index in [1.807, 2.05) is 0 Å². The summed E-state index contributed by atoms with van der Waals surface area (Å²) in [5.74, 6) is -1.28. The molecular weight excluding hydrogens is 415 g/mol. The van der Waals surface area contributed by atoms with Crippen molar-refractivity contribution in [2.75, 3.05) is 5.32 Å². The molecule has 0 fully saturated rings. The minimum atomic E-state index is -5.00. The van der Waals surface area contributed by atoms with Crippen molar-refractivity contribution in [3.8, 4) is 0 Å². The van der Waals surface area contributed by atoms with Gasteiger partial charge in [-0.05, 0) is 12.5 Å². The number of aromatic nitrogens is 2. The third kappa shape index (κ3) is 3.54. The molecule has 6 nitrogen and oxygen atoms in total. The van der Waals surface area contributed by atoms with Crippen LogP contribution in [-0.4, -0.2) is 38.7 Å². The molecule has 1 amide bonds. The maximum atomic E-state index is 14.3. The zero-order valence-electron chi connectivity index (χ0n) is 15.7. The molecule has 0 saturated heterocycles. The van der Waals surface area contributed by atoms with Crippen molar-refractivity contribution >= 4 is 28.2 Å². The van der Waals surface area contributed by atoms with E-state index in [1.54, 1.807) is 67.6 Å². The Morgan fingerprint density at radius 1 is 1.03 bits per heavy atom. The molecule has 154 valence electrons. The van der Waals surface area contributed by atoms with Crippen LogP contribution < -0.4 is 5.32 Å². The van der Waals surface area contributed by atoms with Crippen molar-refractivity contribution in [3.05, 3.63) is 76.8 Å². The van der Waals surface area contributed by atoms with E-state index in [9.17, 15) is 18.0 Å². The van der Waals surface area contributed by atoms with Crippen LogP contribution >= 0.6 is 11.3 Å². The Labute approximate surface area is 174 Å². The molecule has 0 radical (unpaired) electrons. The molecule has 0 saturated carbocycles. The molecule has 0 bridgehead atoms. The summed E-state index contributed by atoms with van der Waals surface area (Å²) in [5.41, 5.74) is -2.10. The first-order valence-corrected chi connectivity index (χ1v) is 9.78. The van der Waals surface area contributed by atoms with Crippen LogP contribution in [0.4, 0.5) is 18.3 Å². The summed E-state index contributed by atoms with van der Waals surface area (Å²) in [6.45, 7) is 1.56. The van der Waals surface area contributed by atoms with E-state index in [-0.39, 0.29) is 17.5 Å². The molecule has 0 aliphatic carbocycles. The lowest BCUT2D eigenvalue weighted by Gasteiger charge is -2.28. The van der Waals surface area contributed by atoms with Crippen LogP contribution in [-0.2, 0) is 11.3 Å². The Hall–Kier alpha value is -3.27. The van der Waals surface area contributed by atoms with E-state index in [2.05, 4.69) is 20.5 Å². The second-order valence-corrected chi connectivity index (χ2v) is 7.82. The zero-order valence-corrected chi connectivity index (χ0v) is 16.5. The van der Waals surface area contributed by atoms with Crippen molar-refractivity contribution in [2.45, 2.75) is 25.3 Å². The number of amidine groups is 1. The third-order valence-electron chi connectivity index (χ3n) is 4.52. The minimum absolute atomic E-state index is 0.0535. The van der Waals surface area contributed by atoms with Crippen molar-refractivity contribution < 1.29 is 18.0 Å². The summed E-state index contributed by atoms with van der Waals surface area (Å²) >= 11 is 0.920. The lowest BCUT2D eigenvalue weighted by Crippen LogP contribution is -2.57. The second-order valence-electron chi connectivity index (χ2n) is 6.64. The largest absolute Gasteiger partial charge is 0.442 e. The number of benzene rings is 2. The lowest BCUT2D eigenvalue weighted by molar-refractivity contribution is -0.185. The molecule has 0 unspecified atom stereocenters. The topological polar surface area (TPSA) is 70.5 Å². The van der Waals surface area contributed by atoms with Gasteiger partial charge in [-0.1, -0.05) is 72.0 Å². The molecule has 4 rings (SSSR count). The van der Waals surface area contributed by atoms with Crippen LogP contribution in [0.3, 0.4) is 0 Å². The van der Waals surface area contributed by atoms with E-state index in [4.69, 9.17) is 0 Å². The number of nitrogens with zero attached hydrogens (tertiary/aromatic N) is 4. The van der Waals surface area contributed by atoms with E-state index < -0.39 is 17.7 Å². The Kier molecular flexibility index (Phi) is 5.02. The summed E-state index contributed by atoms with van der Waals surface area (Å²) in [7, 11) is 0. The number of anilines is 1. The number of rotatable bonds is 5. The molecule has 10 heteroatoms. The maximum absolute atomic E-state index is 14.3. The molecule has 1 aromatic heterocycles. The number of amides is 1. The second kappa shape index (κ2) is 7.52. The number of carbonyl (C=O) groups is 1. The van der Waals surface area contributed by atoms with Gasteiger partial charge in [-0.3, -0.25) is 9.69 Å². The number of hydrogen-bond donors (Lipinski definition) is 1. The normalized spacial score (nSPS) is 19.1. The van der Waals surface area contributed by atoms with Crippen LogP contribution in [0.5, 0.6) is 0 Å². The molecule has 2 aromatic carbocycles. The highest BCUT2D eigenvalue weighted by Crippen LogP contribution is 2.41. The van der Waals surface area contributed by atoms with Gasteiger partial charge in [-0.2, -0.15) is 13.2 Å². The van der Waals surface area contributed by atoms with Gasteiger partial charge in [0, 0.05) is 5.56 Å². The summed E-state index contributed by atoms with van der Waals surface area (Å²) in [6.07, 6.45) is -5.00. The average Bonchev–Trinajstić information content (AvgIpc) is 3.26. The number of halogens is 3. The highest BCUT2D eigenvalue weighted by Gasteiger charge is 2.66. The minimum Gasteiger partial charge on any atom is -0.320 e. The molecule has 3 aromatic rings. The predicted molar refractivity (Wildman–Crippen MR) is 107 cm³/mol. The first kappa shape index (κ1) is 20.0. The zero-order chi connectivity index (χ0) is 21.4. The van der Waals surface area contributed by atoms with Gasteiger partial charge in [0.25, 0.3) is 5.91 Å². The van der Waals surface area contributed by atoms with Crippen LogP contribution in [0.1, 0.15) is 16.1 Å². The number of alkyl halides is 3. The SMILES string of the molecule is Cc1nnc(N[C@@]2(C(F)(F)F)N=C(c3ccccc3)N(Cc3ccccc3)C2=O)s1. The van der Waals surface area contributed by atoms with E-state index in [0.717, 1.165) is 16.2 Å². The summed E-state index contributed by atoms with van der Waals surface area (Å²) in [4.78, 5) is 18.2. The van der Waals surface area contributed by atoms with Crippen LogP contribution in [0.2, 0.25) is 0 Å². The molecule has 1 aliphatic rings. The van der Waals surface area contributed by atoms with Crippen molar-refractivity contribution in [3.63, 3.8) is 0 Å². The third-order valence-corrected chi connectivity index (χ3v) is 5.28. The van der Waals surface area contributed by atoms with Gasteiger partial charge in [0.2, 0.25) is 5.13 Å². The van der Waals surface area contributed by atoms with Gasteiger partial charge in [0.05, 0.1) is 6.54 Å². The van der Waals surface area contributed by atoms with E-state index in [1.165, 1.54) is 0 Å². The molecular formula is C20H16F3N5OS. The van der Waals surface area contributed by atoms with Crippen LogP contribution in [0.15, 0.2) is 65.7 Å². The van der Waals surface area contributed by atoms with E-state index >= 15 is 0 Å². The number of hydrogen-bond acceptors (Lipinski definition) is 6. The van der Waals surface area contributed by atoms with Gasteiger partial charge in [0.1, 0.15) is 10.8 Å². The quantitative estimate of drug-likeness (QED) is 0.663. The van der Waals surface area contributed by atoms with Crippen molar-refractivity contribution in [1.82, 2.24) is 15.1 Å². The first-order chi connectivity index (χ1) is 14.3. The van der Waals surface area contributed by atoms with Gasteiger partial charge in [-0.15, -0.1) is 10.2 Å². The summed E-state index contributed by atoms with van der Waals surface area (Å²) < 4.78 is 42.9. The Morgan fingerprint density at radius 2 is 1.67 bits per heavy atom. The fourth-order valence-electron chi connectivity index (χ4n) is 3.12. The standard InChI is InChI=1S/C20H16F3N5OS/c1-13-26-27-18(30-13)25-19(20(21,22)23)17(29)28(12-14-8-4-2-5-9-14)16(24-19)15-10-6-3-7-11-15/h2-11H,12H2,1H3,(H,25,27)/t19-/m0/s1. The molecule has 2 heterocycles. The lowest BCUT2D eigenvalue weighted by atomic mass is 10.1. The smallest absolute Gasteiger partial charge is 0.320 e. The van der Waals surface area contributed by atoms with Gasteiger partial charge < -0.3 is 5.32 Å². The number of aryl methyl sites for hydroxylation is 1. The van der Waals surface area contributed by atoms with Crippen molar-refractivity contribution in [1.29, 1.82) is 0 Å². The Morgan fingerprint density at radius 3 is 2.23 bits per heavy atom. The van der Waals surface area contributed by atoms with Gasteiger partial charge in [0.15, 0.2) is 0 Å². The summed E-state index contributed by atoms with van der Waals surface area (Å²) in [5, 5.41) is 9.98. The van der Waals surface area contributed by atoms with Gasteiger partial charge >= 0.3 is 11.8 Å². The Balaban J connectivity index is 1.83. The molecule has 1 atom stereocenters. The highest BCUT2D eigenvalue weighted by molar-refractivity contribution is 7.15. The maximum Gasteiger partial charge on any atom is 0.442 e. The van der Waals surface area contributed by atoms with E-state index in [0.29, 0.717) is 16.1 Å². The Bertz CT molecular complexity index is 1080. The average molecular weight is 431 g/mol. The van der Waals surface area contributed by atoms with Gasteiger partial charge in [-0.25, -0.2) is 4.99 Å². The number of nitrogens with one attached hydrogen (secondary N) is 1. The molecule has 1 aliphatic heterocycles. The highest BCUT2D eigenvalue weighted by atomic mass is 32.1. The fraction of sp³-hybridized carbons (Fsp3) is 0.200. The molecule has 1 N–H and O–H groups in total. The van der Waals surface area contributed by atoms with Crippen molar-refractivity contribution in [2.24, 2.45) is 4.99 Å². The predicted octanol–water partition coefficient (Wildman–Crippen LogP) is 4.01. The monoisotopic (exact) mass is 431 g/mol. The fourth-order valence-corrected chi connectivity index (χ4v) is 3.76. The number of carbonyl (C=O) groups excluding carboxylic acids is 1. The van der Waals surface area contributed by atoms with Crippen LogP contribution in [0, 0.1) is 6.92 Å².